The first-order valence-corrected chi connectivity index (χ1v) is 9.70. The Morgan fingerprint density at radius 1 is 1.19 bits per heavy atom. The van der Waals surface area contributed by atoms with Crippen LogP contribution in [0.15, 0.2) is 39.4 Å². The molecule has 27 heavy (non-hydrogen) atoms. The number of hydrogen-bond acceptors (Lipinski definition) is 5. The van der Waals surface area contributed by atoms with Crippen molar-refractivity contribution >= 4 is 39.4 Å². The number of benzene rings is 1. The summed E-state index contributed by atoms with van der Waals surface area (Å²) in [5, 5.41) is 0.609. The first-order chi connectivity index (χ1) is 12.9. The summed E-state index contributed by atoms with van der Waals surface area (Å²) in [6, 6.07) is 8.41. The summed E-state index contributed by atoms with van der Waals surface area (Å²) >= 11 is 9.21. The first kappa shape index (κ1) is 19.9. The van der Waals surface area contributed by atoms with Crippen molar-refractivity contribution in [2.24, 2.45) is 0 Å². The molecule has 3 rings (SSSR count). The maximum absolute atomic E-state index is 12.7. The van der Waals surface area contributed by atoms with Crippen molar-refractivity contribution in [3.05, 3.63) is 56.9 Å². The topological polar surface area (TPSA) is 63.0 Å². The van der Waals surface area contributed by atoms with Gasteiger partial charge in [0.1, 0.15) is 6.04 Å². The SMILES string of the molecule is COC(=O)C(c1ccc(Cl)cc1)N1CCN(C(=O)c2oc(Br)cc2C)CC1. The van der Waals surface area contributed by atoms with Crippen molar-refractivity contribution in [3.63, 3.8) is 0 Å². The van der Waals surface area contributed by atoms with Crippen molar-refractivity contribution in [3.8, 4) is 0 Å². The minimum absolute atomic E-state index is 0.140. The van der Waals surface area contributed by atoms with Crippen LogP contribution < -0.4 is 0 Å². The predicted octanol–water partition coefficient (Wildman–Crippen LogP) is 3.68. The van der Waals surface area contributed by atoms with E-state index in [1.54, 1.807) is 23.1 Å². The van der Waals surface area contributed by atoms with E-state index < -0.39 is 6.04 Å². The zero-order valence-corrected chi connectivity index (χ0v) is 17.4. The number of nitrogens with zero attached hydrogens (tertiary/aromatic N) is 2. The van der Waals surface area contributed by atoms with Gasteiger partial charge in [-0.05, 0) is 46.6 Å². The maximum Gasteiger partial charge on any atom is 0.327 e. The molecule has 0 bridgehead atoms. The Balaban J connectivity index is 1.72. The summed E-state index contributed by atoms with van der Waals surface area (Å²) in [5.41, 5.74) is 1.61. The molecule has 1 aromatic carbocycles. The van der Waals surface area contributed by atoms with E-state index in [0.29, 0.717) is 41.6 Å². The van der Waals surface area contributed by atoms with Crippen LogP contribution in [0.25, 0.3) is 0 Å². The smallest absolute Gasteiger partial charge is 0.327 e. The number of rotatable bonds is 4. The van der Waals surface area contributed by atoms with Gasteiger partial charge in [0.2, 0.25) is 0 Å². The number of furan rings is 1. The summed E-state index contributed by atoms with van der Waals surface area (Å²) in [6.07, 6.45) is 0. The number of hydrogen-bond donors (Lipinski definition) is 0. The van der Waals surface area contributed by atoms with Crippen LogP contribution in [0, 0.1) is 6.92 Å². The highest BCUT2D eigenvalue weighted by atomic mass is 79.9. The predicted molar refractivity (Wildman–Crippen MR) is 105 cm³/mol. The molecule has 2 aromatic rings. The molecular formula is C19H20BrClN2O4. The van der Waals surface area contributed by atoms with Crippen molar-refractivity contribution in [1.82, 2.24) is 9.80 Å². The molecule has 1 aliphatic heterocycles. The lowest BCUT2D eigenvalue weighted by atomic mass is 10.0. The Morgan fingerprint density at radius 3 is 2.33 bits per heavy atom. The van der Waals surface area contributed by atoms with Gasteiger partial charge < -0.3 is 14.1 Å². The number of esters is 1. The lowest BCUT2D eigenvalue weighted by molar-refractivity contribution is -0.148. The molecule has 1 aromatic heterocycles. The number of carbonyl (C=O) groups is 2. The molecular weight excluding hydrogens is 436 g/mol. The number of halogens is 2. The summed E-state index contributed by atoms with van der Waals surface area (Å²) in [4.78, 5) is 28.8. The van der Waals surface area contributed by atoms with Gasteiger partial charge in [0, 0.05) is 36.8 Å². The fourth-order valence-electron chi connectivity index (χ4n) is 3.24. The minimum Gasteiger partial charge on any atom is -0.468 e. The molecule has 2 heterocycles. The number of methoxy groups -OCH3 is 1. The molecule has 0 saturated carbocycles. The van der Waals surface area contributed by atoms with E-state index in [1.807, 2.05) is 24.0 Å². The summed E-state index contributed by atoms with van der Waals surface area (Å²) in [7, 11) is 1.38. The van der Waals surface area contributed by atoms with Crippen LogP contribution in [0.5, 0.6) is 0 Å². The van der Waals surface area contributed by atoms with Crippen molar-refractivity contribution < 1.29 is 18.7 Å². The van der Waals surface area contributed by atoms with Gasteiger partial charge in [0.15, 0.2) is 10.4 Å². The average molecular weight is 456 g/mol. The number of amides is 1. The van der Waals surface area contributed by atoms with Crippen molar-refractivity contribution in [2.75, 3.05) is 33.3 Å². The molecule has 1 aliphatic rings. The Labute approximate surface area is 171 Å². The lowest BCUT2D eigenvalue weighted by Gasteiger charge is -2.38. The third-order valence-corrected chi connectivity index (χ3v) is 5.30. The summed E-state index contributed by atoms with van der Waals surface area (Å²) in [5.74, 6) is -0.126. The quantitative estimate of drug-likeness (QED) is 0.658. The highest BCUT2D eigenvalue weighted by Crippen LogP contribution is 2.26. The van der Waals surface area contributed by atoms with E-state index >= 15 is 0 Å². The van der Waals surface area contributed by atoms with Gasteiger partial charge in [0.25, 0.3) is 5.91 Å². The third kappa shape index (κ3) is 4.36. The summed E-state index contributed by atoms with van der Waals surface area (Å²) in [6.45, 7) is 3.94. The maximum atomic E-state index is 12.7. The Kier molecular flexibility index (Phi) is 6.24. The van der Waals surface area contributed by atoms with E-state index in [2.05, 4.69) is 15.9 Å². The molecule has 0 spiro atoms. The van der Waals surface area contributed by atoms with E-state index in [1.165, 1.54) is 7.11 Å². The van der Waals surface area contributed by atoms with Crippen molar-refractivity contribution in [2.45, 2.75) is 13.0 Å². The molecule has 0 aliphatic carbocycles. The number of ether oxygens (including phenoxy) is 1. The minimum atomic E-state index is -0.524. The fraction of sp³-hybridized carbons (Fsp3) is 0.368. The standard InChI is InChI=1S/C19H20BrClN2O4/c1-12-11-15(20)27-17(12)18(24)23-9-7-22(8-10-23)16(19(25)26-2)13-3-5-14(21)6-4-13/h3-6,11,16H,7-10H2,1-2H3. The highest BCUT2D eigenvalue weighted by Gasteiger charge is 2.33. The molecule has 1 saturated heterocycles. The zero-order valence-electron chi connectivity index (χ0n) is 15.1. The highest BCUT2D eigenvalue weighted by molar-refractivity contribution is 9.10. The van der Waals surface area contributed by atoms with Gasteiger partial charge in [-0.1, -0.05) is 23.7 Å². The molecule has 8 heteroatoms. The second-order valence-electron chi connectivity index (χ2n) is 6.37. The third-order valence-electron chi connectivity index (χ3n) is 4.66. The van der Waals surface area contributed by atoms with Crippen LogP contribution in [0.3, 0.4) is 0 Å². The average Bonchev–Trinajstić information content (AvgIpc) is 3.01. The van der Waals surface area contributed by atoms with Gasteiger partial charge in [-0.25, -0.2) is 4.79 Å². The van der Waals surface area contributed by atoms with E-state index in [9.17, 15) is 9.59 Å². The molecule has 144 valence electrons. The van der Waals surface area contributed by atoms with Crippen LogP contribution >= 0.6 is 27.5 Å². The lowest BCUT2D eigenvalue weighted by Crippen LogP contribution is -2.51. The first-order valence-electron chi connectivity index (χ1n) is 8.53. The van der Waals surface area contributed by atoms with E-state index in [4.69, 9.17) is 20.8 Å². The number of aryl methyl sites for hydroxylation is 1. The Bertz CT molecular complexity index is 829. The van der Waals surface area contributed by atoms with Gasteiger partial charge >= 0.3 is 5.97 Å². The Hall–Kier alpha value is -1.83. The normalized spacial score (nSPS) is 16.2. The molecule has 6 nitrogen and oxygen atoms in total. The fourth-order valence-corrected chi connectivity index (χ4v) is 3.87. The van der Waals surface area contributed by atoms with Gasteiger partial charge in [-0.15, -0.1) is 0 Å². The summed E-state index contributed by atoms with van der Waals surface area (Å²) < 4.78 is 11.0. The Morgan fingerprint density at radius 2 is 1.81 bits per heavy atom. The monoisotopic (exact) mass is 454 g/mol. The van der Waals surface area contributed by atoms with Crippen LogP contribution in [-0.4, -0.2) is 55.0 Å². The molecule has 1 amide bonds. The van der Waals surface area contributed by atoms with Crippen LogP contribution in [0.1, 0.15) is 27.7 Å². The zero-order chi connectivity index (χ0) is 19.6. The molecule has 0 N–H and O–H groups in total. The van der Waals surface area contributed by atoms with E-state index in [-0.39, 0.29) is 11.9 Å². The molecule has 1 atom stereocenters. The largest absolute Gasteiger partial charge is 0.468 e. The van der Waals surface area contributed by atoms with Gasteiger partial charge in [-0.3, -0.25) is 9.69 Å². The van der Waals surface area contributed by atoms with E-state index in [0.717, 1.165) is 11.1 Å². The van der Waals surface area contributed by atoms with Gasteiger partial charge in [0.05, 0.1) is 7.11 Å². The van der Waals surface area contributed by atoms with Crippen LogP contribution in [-0.2, 0) is 9.53 Å². The number of carbonyl (C=O) groups excluding carboxylic acids is 2. The van der Waals surface area contributed by atoms with Gasteiger partial charge in [-0.2, -0.15) is 0 Å². The van der Waals surface area contributed by atoms with Crippen molar-refractivity contribution in [1.29, 1.82) is 0 Å². The molecule has 1 fully saturated rings. The second kappa shape index (κ2) is 8.46. The molecule has 1 unspecified atom stereocenters. The molecule has 0 radical (unpaired) electrons. The van der Waals surface area contributed by atoms with Crippen LogP contribution in [0.2, 0.25) is 5.02 Å². The number of piperazine rings is 1. The van der Waals surface area contributed by atoms with Crippen LogP contribution in [0.4, 0.5) is 0 Å². The second-order valence-corrected chi connectivity index (χ2v) is 7.59.